The fraction of sp³-hybridized carbons (Fsp3) is 0.414. The molecule has 3 rings (SSSR count). The molecule has 1 fully saturated rings. The van der Waals surface area contributed by atoms with Crippen LogP contribution in [0.1, 0.15) is 61.4 Å². The summed E-state index contributed by atoms with van der Waals surface area (Å²) in [5, 5.41) is 23.1. The molecule has 182 valence electrons. The molecule has 1 saturated heterocycles. The van der Waals surface area contributed by atoms with Crippen LogP contribution < -0.4 is 16.0 Å². The third-order valence-electron chi connectivity index (χ3n) is 6.59. The molecule has 0 bridgehead atoms. The summed E-state index contributed by atoms with van der Waals surface area (Å²) in [6.45, 7) is 14.3. The Kier molecular flexibility index (Phi) is 9.06. The van der Waals surface area contributed by atoms with Gasteiger partial charge < -0.3 is 16.0 Å². The molecule has 2 heterocycles. The van der Waals surface area contributed by atoms with E-state index in [1.165, 1.54) is 5.56 Å². The number of pyridine rings is 1. The molecule has 1 aromatic carbocycles. The van der Waals surface area contributed by atoms with Crippen LogP contribution in [-0.2, 0) is 6.42 Å². The number of nitriles is 2. The van der Waals surface area contributed by atoms with Crippen molar-refractivity contribution in [2.24, 2.45) is 5.73 Å². The second-order valence-electron chi connectivity index (χ2n) is 9.39. The van der Waals surface area contributed by atoms with Crippen molar-refractivity contribution in [3.05, 3.63) is 71.1 Å². The van der Waals surface area contributed by atoms with Crippen molar-refractivity contribution in [3.8, 4) is 23.3 Å². The quantitative estimate of drug-likeness (QED) is 0.351. The van der Waals surface area contributed by atoms with E-state index in [4.69, 9.17) is 5.73 Å². The topological polar surface area (TPSA) is 102 Å². The molecule has 1 atom stereocenters. The molecule has 0 saturated carbocycles. The SMILES string of the molecule is C=C(CCCCc1ccc(-c2c(C#N)c(C)nc(N3CCCC3)c2C#N)cc1)CNC(=C)C(C)N. The second kappa shape index (κ2) is 12.2. The number of aryl methyl sites for hydroxylation is 2. The molecule has 0 radical (unpaired) electrons. The van der Waals surface area contributed by atoms with Gasteiger partial charge in [0.15, 0.2) is 0 Å². The predicted octanol–water partition coefficient (Wildman–Crippen LogP) is 5.12. The fourth-order valence-electron chi connectivity index (χ4n) is 4.41. The number of aromatic nitrogens is 1. The standard InChI is InChI=1S/C29H36N6/c1-20(19-33-22(3)21(2)32)9-5-6-10-24-11-13-25(14-12-24)28-26(17-30)23(4)34-29(27(28)18-31)35-15-7-8-16-35/h11-14,21,33H,1,3,5-10,15-16,19,32H2,2,4H3. The van der Waals surface area contributed by atoms with Crippen LogP contribution in [0.15, 0.2) is 48.7 Å². The second-order valence-corrected chi connectivity index (χ2v) is 9.39. The molecule has 0 aliphatic carbocycles. The minimum Gasteiger partial charge on any atom is -0.384 e. The Morgan fingerprint density at radius 3 is 2.37 bits per heavy atom. The number of benzene rings is 1. The summed E-state index contributed by atoms with van der Waals surface area (Å²) in [6.07, 6.45) is 6.26. The molecule has 0 amide bonds. The number of anilines is 1. The van der Waals surface area contributed by atoms with E-state index in [1.54, 1.807) is 0 Å². The molecule has 6 nitrogen and oxygen atoms in total. The van der Waals surface area contributed by atoms with Gasteiger partial charge in [-0.2, -0.15) is 10.5 Å². The number of nitrogens with zero attached hydrogens (tertiary/aromatic N) is 4. The molecular weight excluding hydrogens is 432 g/mol. The van der Waals surface area contributed by atoms with E-state index in [-0.39, 0.29) is 6.04 Å². The first kappa shape index (κ1) is 26.0. The zero-order valence-corrected chi connectivity index (χ0v) is 21.0. The molecule has 0 spiro atoms. The third kappa shape index (κ3) is 6.50. The van der Waals surface area contributed by atoms with E-state index in [0.29, 0.717) is 34.7 Å². The number of nitrogens with two attached hydrogens (primary N) is 1. The van der Waals surface area contributed by atoms with Gasteiger partial charge in [-0.15, -0.1) is 0 Å². The van der Waals surface area contributed by atoms with Crippen molar-refractivity contribution in [2.45, 2.75) is 58.4 Å². The van der Waals surface area contributed by atoms with Crippen LogP contribution in [0, 0.1) is 29.6 Å². The lowest BCUT2D eigenvalue weighted by Crippen LogP contribution is -2.29. The van der Waals surface area contributed by atoms with Crippen molar-refractivity contribution in [1.29, 1.82) is 10.5 Å². The van der Waals surface area contributed by atoms with Gasteiger partial charge in [-0.05, 0) is 63.5 Å². The summed E-state index contributed by atoms with van der Waals surface area (Å²) >= 11 is 0. The number of unbranched alkanes of at least 4 members (excludes halogenated alkanes) is 1. The fourth-order valence-corrected chi connectivity index (χ4v) is 4.41. The summed E-state index contributed by atoms with van der Waals surface area (Å²) < 4.78 is 0. The molecule has 1 aliphatic rings. The summed E-state index contributed by atoms with van der Waals surface area (Å²) in [5.74, 6) is 0.708. The monoisotopic (exact) mass is 468 g/mol. The van der Waals surface area contributed by atoms with Crippen molar-refractivity contribution in [2.75, 3.05) is 24.5 Å². The normalized spacial score (nSPS) is 13.7. The highest BCUT2D eigenvalue weighted by Gasteiger charge is 2.24. The molecular formula is C29H36N6. The number of hydrogen-bond donors (Lipinski definition) is 2. The van der Waals surface area contributed by atoms with Crippen LogP contribution in [0.5, 0.6) is 0 Å². The number of nitrogens with one attached hydrogen (secondary N) is 1. The van der Waals surface area contributed by atoms with Crippen molar-refractivity contribution < 1.29 is 0 Å². The highest BCUT2D eigenvalue weighted by atomic mass is 15.2. The van der Waals surface area contributed by atoms with Crippen LogP contribution >= 0.6 is 0 Å². The predicted molar refractivity (Wildman–Crippen MR) is 143 cm³/mol. The smallest absolute Gasteiger partial charge is 0.147 e. The van der Waals surface area contributed by atoms with E-state index in [0.717, 1.165) is 68.4 Å². The lowest BCUT2D eigenvalue weighted by molar-refractivity contribution is 0.688. The minimum absolute atomic E-state index is 0.0675. The Bertz CT molecular complexity index is 1140. The van der Waals surface area contributed by atoms with E-state index < -0.39 is 0 Å². The molecule has 6 heteroatoms. The lowest BCUT2D eigenvalue weighted by atomic mass is 9.93. The Morgan fingerprint density at radius 2 is 1.77 bits per heavy atom. The Hall–Kier alpha value is -3.61. The summed E-state index contributed by atoms with van der Waals surface area (Å²) in [7, 11) is 0. The van der Waals surface area contributed by atoms with Gasteiger partial charge in [0.2, 0.25) is 0 Å². The van der Waals surface area contributed by atoms with Crippen LogP contribution in [0.3, 0.4) is 0 Å². The zero-order valence-electron chi connectivity index (χ0n) is 21.0. The van der Waals surface area contributed by atoms with Crippen LogP contribution in [-0.4, -0.2) is 30.7 Å². The average molecular weight is 469 g/mol. The van der Waals surface area contributed by atoms with E-state index >= 15 is 0 Å². The maximum Gasteiger partial charge on any atom is 0.147 e. The van der Waals surface area contributed by atoms with E-state index in [2.05, 4.69) is 52.6 Å². The molecule has 2 aromatic rings. The Morgan fingerprint density at radius 1 is 1.11 bits per heavy atom. The van der Waals surface area contributed by atoms with Crippen LogP contribution in [0.4, 0.5) is 5.82 Å². The summed E-state index contributed by atoms with van der Waals surface area (Å²) in [5.41, 5.74) is 12.3. The maximum absolute atomic E-state index is 10.0. The van der Waals surface area contributed by atoms with Gasteiger partial charge in [-0.1, -0.05) is 43.0 Å². The molecule has 3 N–H and O–H groups in total. The summed E-state index contributed by atoms with van der Waals surface area (Å²) in [4.78, 5) is 6.82. The van der Waals surface area contributed by atoms with Crippen molar-refractivity contribution in [3.63, 3.8) is 0 Å². The highest BCUT2D eigenvalue weighted by Crippen LogP contribution is 2.35. The van der Waals surface area contributed by atoms with Crippen LogP contribution in [0.25, 0.3) is 11.1 Å². The molecule has 1 unspecified atom stereocenters. The first-order chi connectivity index (χ1) is 16.8. The maximum atomic E-state index is 10.0. The van der Waals surface area contributed by atoms with Gasteiger partial charge >= 0.3 is 0 Å². The molecule has 1 aromatic heterocycles. The van der Waals surface area contributed by atoms with Gasteiger partial charge in [0.1, 0.15) is 23.5 Å². The van der Waals surface area contributed by atoms with Crippen molar-refractivity contribution in [1.82, 2.24) is 10.3 Å². The van der Waals surface area contributed by atoms with Gasteiger partial charge in [-0.3, -0.25) is 0 Å². The van der Waals surface area contributed by atoms with E-state index in [9.17, 15) is 10.5 Å². The van der Waals surface area contributed by atoms with Gasteiger partial charge in [0.05, 0.1) is 11.3 Å². The Labute approximate surface area is 209 Å². The van der Waals surface area contributed by atoms with Gasteiger partial charge in [-0.25, -0.2) is 4.98 Å². The van der Waals surface area contributed by atoms with Gasteiger partial charge in [0.25, 0.3) is 0 Å². The minimum atomic E-state index is -0.0675. The Balaban J connectivity index is 1.67. The van der Waals surface area contributed by atoms with Crippen molar-refractivity contribution >= 4 is 5.82 Å². The molecule has 1 aliphatic heterocycles. The largest absolute Gasteiger partial charge is 0.384 e. The van der Waals surface area contributed by atoms with Gasteiger partial charge in [0, 0.05) is 36.9 Å². The molecule has 35 heavy (non-hydrogen) atoms. The number of rotatable bonds is 11. The number of hydrogen-bond acceptors (Lipinski definition) is 6. The first-order valence-electron chi connectivity index (χ1n) is 12.4. The third-order valence-corrected chi connectivity index (χ3v) is 6.59. The average Bonchev–Trinajstić information content (AvgIpc) is 3.39. The highest BCUT2D eigenvalue weighted by molar-refractivity contribution is 5.82. The first-order valence-corrected chi connectivity index (χ1v) is 12.4. The van der Waals surface area contributed by atoms with Crippen LogP contribution in [0.2, 0.25) is 0 Å². The van der Waals surface area contributed by atoms with E-state index in [1.807, 2.05) is 26.0 Å². The zero-order chi connectivity index (χ0) is 25.4. The lowest BCUT2D eigenvalue weighted by Gasteiger charge is -2.21. The summed E-state index contributed by atoms with van der Waals surface area (Å²) in [6, 6.07) is 12.8.